The summed E-state index contributed by atoms with van der Waals surface area (Å²) < 4.78 is 13.2. The summed E-state index contributed by atoms with van der Waals surface area (Å²) >= 11 is 0. The molecule has 2 aromatic carbocycles. The van der Waals surface area contributed by atoms with Gasteiger partial charge in [-0.2, -0.15) is 0 Å². The van der Waals surface area contributed by atoms with Crippen LogP contribution in [0, 0.1) is 5.92 Å². The number of benzene rings is 2. The van der Waals surface area contributed by atoms with Gasteiger partial charge in [-0.15, -0.1) is 6.58 Å². The largest absolute Gasteiger partial charge is 0.440 e. The number of hydrogen-bond donors (Lipinski definition) is 0. The Kier molecular flexibility index (Phi) is 8.19. The number of hydrogen-bond acceptors (Lipinski definition) is 3. The number of piperidine rings is 3. The van der Waals surface area contributed by atoms with Crippen molar-refractivity contribution < 1.29 is 18.8 Å². The zero-order valence-corrected chi connectivity index (χ0v) is 19.6. The number of rotatable bonds is 11. The summed E-state index contributed by atoms with van der Waals surface area (Å²) in [5, 5.41) is 0. The Morgan fingerprint density at radius 1 is 1.06 bits per heavy atom. The fourth-order valence-corrected chi connectivity index (χ4v) is 5.21. The van der Waals surface area contributed by atoms with Gasteiger partial charge in [0.25, 0.3) is 0 Å². The quantitative estimate of drug-likeness (QED) is 0.261. The summed E-state index contributed by atoms with van der Waals surface area (Å²) in [6, 6.07) is 20.2. The normalized spacial score (nSPS) is 23.8. The Morgan fingerprint density at radius 3 is 2.45 bits per heavy atom. The van der Waals surface area contributed by atoms with Crippen molar-refractivity contribution >= 4 is 11.8 Å². The second kappa shape index (κ2) is 11.5. The lowest BCUT2D eigenvalue weighted by Gasteiger charge is -2.52. The van der Waals surface area contributed by atoms with Crippen molar-refractivity contribution in [2.24, 2.45) is 5.92 Å². The molecule has 3 aliphatic heterocycles. The number of nitrogens with zero attached hydrogens (tertiary/aromatic N) is 2. The number of fused-ring (bicyclic) bond motifs is 3. The van der Waals surface area contributed by atoms with E-state index in [-0.39, 0.29) is 12.2 Å². The summed E-state index contributed by atoms with van der Waals surface area (Å²) in [4.78, 5) is 15.0. The average molecular weight is 450 g/mol. The first kappa shape index (κ1) is 23.5. The minimum absolute atomic E-state index is 0.0141. The van der Waals surface area contributed by atoms with Crippen molar-refractivity contribution in [2.75, 3.05) is 44.2 Å². The van der Waals surface area contributed by atoms with Crippen LogP contribution < -0.4 is 4.90 Å². The van der Waals surface area contributed by atoms with Crippen molar-refractivity contribution in [1.29, 1.82) is 0 Å². The number of quaternary nitrogens is 1. The maximum absolute atomic E-state index is 13.3. The van der Waals surface area contributed by atoms with E-state index in [1.54, 1.807) is 4.90 Å². The highest BCUT2D eigenvalue weighted by Crippen LogP contribution is 2.36. The highest BCUT2D eigenvalue weighted by molar-refractivity contribution is 5.87. The van der Waals surface area contributed by atoms with E-state index in [9.17, 15) is 4.79 Å². The molecule has 2 bridgehead atoms. The first-order valence-corrected chi connectivity index (χ1v) is 12.3. The van der Waals surface area contributed by atoms with Gasteiger partial charge in [0.2, 0.25) is 0 Å². The molecule has 3 fully saturated rings. The second-order valence-electron chi connectivity index (χ2n) is 9.41. The van der Waals surface area contributed by atoms with Crippen molar-refractivity contribution in [3.63, 3.8) is 0 Å². The average Bonchev–Trinajstić information content (AvgIpc) is 2.86. The SMILES string of the molecule is C=CCCCN(C(=O)O[C@H]1C[N+]2(CCOCc3ccccc3)CCC1CC2)c1ccccc1. The maximum atomic E-state index is 13.3. The Morgan fingerprint density at radius 2 is 1.76 bits per heavy atom. The first-order valence-electron chi connectivity index (χ1n) is 12.3. The zero-order chi connectivity index (χ0) is 22.9. The number of allylic oxidation sites excluding steroid dienone is 1. The van der Waals surface area contributed by atoms with Crippen molar-refractivity contribution in [1.82, 2.24) is 0 Å². The number of anilines is 1. The fourth-order valence-electron chi connectivity index (χ4n) is 5.21. The molecule has 3 heterocycles. The summed E-state index contributed by atoms with van der Waals surface area (Å²) in [5.74, 6) is 0.477. The van der Waals surface area contributed by atoms with Crippen LogP contribution in [-0.4, -0.2) is 56.0 Å². The summed E-state index contributed by atoms with van der Waals surface area (Å²) in [6.07, 6.45) is 5.67. The van der Waals surface area contributed by atoms with E-state index < -0.39 is 0 Å². The molecule has 0 N–H and O–H groups in total. The van der Waals surface area contributed by atoms with Gasteiger partial charge in [0.15, 0.2) is 6.10 Å². The molecular formula is C28H37N2O3+. The van der Waals surface area contributed by atoms with E-state index in [0.717, 1.165) is 68.6 Å². The molecule has 5 rings (SSSR count). The van der Waals surface area contributed by atoms with Crippen LogP contribution in [0.2, 0.25) is 0 Å². The van der Waals surface area contributed by atoms with Crippen LogP contribution in [-0.2, 0) is 16.1 Å². The molecule has 0 spiro atoms. The lowest BCUT2D eigenvalue weighted by Crippen LogP contribution is -2.65. The Balaban J connectivity index is 1.33. The van der Waals surface area contributed by atoms with Crippen LogP contribution in [0.15, 0.2) is 73.3 Å². The number of unbranched alkanes of at least 4 members (excludes halogenated alkanes) is 1. The molecule has 3 aliphatic rings. The van der Waals surface area contributed by atoms with Crippen LogP contribution in [0.3, 0.4) is 0 Å². The molecule has 1 amide bonds. The molecule has 0 saturated carbocycles. The molecule has 1 atom stereocenters. The Hall–Kier alpha value is -2.63. The first-order chi connectivity index (χ1) is 16.2. The third-order valence-corrected chi connectivity index (χ3v) is 7.19. The molecule has 0 aromatic heterocycles. The van der Waals surface area contributed by atoms with Gasteiger partial charge in [0.1, 0.15) is 13.1 Å². The highest BCUT2D eigenvalue weighted by atomic mass is 16.6. The van der Waals surface area contributed by atoms with Crippen molar-refractivity contribution in [3.05, 3.63) is 78.9 Å². The van der Waals surface area contributed by atoms with Gasteiger partial charge in [-0.05, 0) is 30.5 Å². The zero-order valence-electron chi connectivity index (χ0n) is 19.6. The molecule has 5 heteroatoms. The van der Waals surface area contributed by atoms with Gasteiger partial charge in [0.05, 0.1) is 26.3 Å². The number of ether oxygens (including phenoxy) is 2. The third-order valence-electron chi connectivity index (χ3n) is 7.19. The van der Waals surface area contributed by atoms with Crippen LogP contribution >= 0.6 is 0 Å². The third kappa shape index (κ3) is 6.24. The highest BCUT2D eigenvalue weighted by Gasteiger charge is 2.47. The van der Waals surface area contributed by atoms with E-state index in [4.69, 9.17) is 9.47 Å². The molecular weight excluding hydrogens is 412 g/mol. The van der Waals surface area contributed by atoms with E-state index in [1.165, 1.54) is 5.56 Å². The van der Waals surface area contributed by atoms with Gasteiger partial charge < -0.3 is 14.0 Å². The summed E-state index contributed by atoms with van der Waals surface area (Å²) in [7, 11) is 0. The standard InChI is InChI=1S/C28H37N2O3/c1-2-3-10-17-29(26-13-8-5-9-14-26)28(31)33-27-22-30(18-15-25(27)16-19-30)20-21-32-23-24-11-6-4-7-12-24/h2,4-9,11-14,25,27H,1,3,10,15-23H2/q+1/t25?,27-,30?/m0/s1. The minimum atomic E-state index is -0.220. The van der Waals surface area contributed by atoms with Gasteiger partial charge in [-0.25, -0.2) is 4.79 Å². The molecule has 0 aliphatic carbocycles. The van der Waals surface area contributed by atoms with E-state index in [2.05, 4.69) is 18.7 Å². The maximum Gasteiger partial charge on any atom is 0.414 e. The molecule has 33 heavy (non-hydrogen) atoms. The Bertz CT molecular complexity index is 879. The predicted molar refractivity (Wildman–Crippen MR) is 132 cm³/mol. The van der Waals surface area contributed by atoms with Gasteiger partial charge in [0, 0.05) is 31.0 Å². The molecule has 0 radical (unpaired) electrons. The topological polar surface area (TPSA) is 38.8 Å². The number of amides is 1. The van der Waals surface area contributed by atoms with Gasteiger partial charge in [-0.1, -0.05) is 54.6 Å². The smallest absolute Gasteiger partial charge is 0.414 e. The van der Waals surface area contributed by atoms with Gasteiger partial charge in [-0.3, -0.25) is 4.90 Å². The predicted octanol–water partition coefficient (Wildman–Crippen LogP) is 5.42. The van der Waals surface area contributed by atoms with Crippen LogP contribution in [0.5, 0.6) is 0 Å². The lowest BCUT2D eigenvalue weighted by molar-refractivity contribution is -0.946. The van der Waals surface area contributed by atoms with Crippen LogP contribution in [0.4, 0.5) is 10.5 Å². The number of carbonyl (C=O) groups is 1. The molecule has 176 valence electrons. The van der Waals surface area contributed by atoms with Crippen molar-refractivity contribution in [2.45, 2.75) is 38.4 Å². The number of para-hydroxylation sites is 1. The van der Waals surface area contributed by atoms with E-state index >= 15 is 0 Å². The van der Waals surface area contributed by atoms with E-state index in [1.807, 2.05) is 54.6 Å². The molecule has 2 aromatic rings. The molecule has 0 unspecified atom stereocenters. The monoisotopic (exact) mass is 449 g/mol. The summed E-state index contributed by atoms with van der Waals surface area (Å²) in [5.41, 5.74) is 2.10. The summed E-state index contributed by atoms with van der Waals surface area (Å²) in [6.45, 7) is 10.0. The second-order valence-corrected chi connectivity index (χ2v) is 9.41. The fraction of sp³-hybridized carbons (Fsp3) is 0.464. The minimum Gasteiger partial charge on any atom is -0.440 e. The van der Waals surface area contributed by atoms with Crippen LogP contribution in [0.1, 0.15) is 31.2 Å². The molecule has 5 nitrogen and oxygen atoms in total. The molecule has 3 saturated heterocycles. The Labute approximate surface area is 198 Å². The lowest BCUT2D eigenvalue weighted by atomic mass is 9.83. The number of carbonyl (C=O) groups excluding carboxylic acids is 1. The van der Waals surface area contributed by atoms with Crippen molar-refractivity contribution in [3.8, 4) is 0 Å². The van der Waals surface area contributed by atoms with Gasteiger partial charge >= 0.3 is 6.09 Å². The van der Waals surface area contributed by atoms with Crippen LogP contribution in [0.25, 0.3) is 0 Å². The van der Waals surface area contributed by atoms with E-state index in [0.29, 0.717) is 19.1 Å².